The van der Waals surface area contributed by atoms with E-state index in [1.165, 1.54) is 6.07 Å². The number of hydrogen-bond acceptors (Lipinski definition) is 5. The van der Waals surface area contributed by atoms with E-state index < -0.39 is 35.3 Å². The van der Waals surface area contributed by atoms with Crippen LogP contribution in [0, 0.1) is 0 Å². The molecule has 174 valence electrons. The van der Waals surface area contributed by atoms with Crippen LogP contribution in [0.5, 0.6) is 5.75 Å². The molecule has 3 amide bonds. The smallest absolute Gasteiger partial charge is 0.416 e. The number of thioether (sulfide) groups is 1. The summed E-state index contributed by atoms with van der Waals surface area (Å²) in [7, 11) is 1.55. The van der Waals surface area contributed by atoms with E-state index in [0.717, 1.165) is 33.9 Å². The molecule has 1 heterocycles. The van der Waals surface area contributed by atoms with Gasteiger partial charge in [-0.05, 0) is 53.1 Å². The molecule has 0 atom stereocenters. The molecular formula is C24H17F3N2O4S. The molecule has 1 aliphatic heterocycles. The van der Waals surface area contributed by atoms with Gasteiger partial charge in [0.15, 0.2) is 0 Å². The zero-order valence-corrected chi connectivity index (χ0v) is 18.5. The molecule has 3 aromatic rings. The van der Waals surface area contributed by atoms with Crippen LogP contribution in [0.25, 0.3) is 16.8 Å². The van der Waals surface area contributed by atoms with Crippen LogP contribution < -0.4 is 10.1 Å². The number of carbonyl (C=O) groups is 3. The SMILES string of the molecule is COc1ccc(/C=C2\SC(=O)N(CC(=O)Nc3cccc(C(F)(F)F)c3)C2=O)c2ccccc12. The van der Waals surface area contributed by atoms with Crippen molar-refractivity contribution in [3.05, 3.63) is 76.7 Å². The predicted octanol–water partition coefficient (Wildman–Crippen LogP) is 5.54. The van der Waals surface area contributed by atoms with Gasteiger partial charge < -0.3 is 10.1 Å². The lowest BCUT2D eigenvalue weighted by Gasteiger charge is -2.13. The minimum Gasteiger partial charge on any atom is -0.496 e. The van der Waals surface area contributed by atoms with Crippen LogP contribution in [0.15, 0.2) is 65.6 Å². The van der Waals surface area contributed by atoms with Gasteiger partial charge in [-0.2, -0.15) is 13.2 Å². The Morgan fingerprint density at radius 2 is 1.79 bits per heavy atom. The van der Waals surface area contributed by atoms with Crippen molar-refractivity contribution in [2.24, 2.45) is 0 Å². The molecule has 10 heteroatoms. The summed E-state index contributed by atoms with van der Waals surface area (Å²) in [5.41, 5.74) is -0.325. The fourth-order valence-electron chi connectivity index (χ4n) is 3.49. The van der Waals surface area contributed by atoms with Crippen molar-refractivity contribution in [3.8, 4) is 5.75 Å². The molecule has 0 aromatic heterocycles. The number of carbonyl (C=O) groups excluding carboxylic acids is 3. The number of nitrogens with one attached hydrogen (secondary N) is 1. The average Bonchev–Trinajstić information content (AvgIpc) is 3.06. The van der Waals surface area contributed by atoms with E-state index in [2.05, 4.69) is 5.32 Å². The molecule has 0 aliphatic carbocycles. The minimum absolute atomic E-state index is 0.0907. The Balaban J connectivity index is 1.52. The molecule has 34 heavy (non-hydrogen) atoms. The van der Waals surface area contributed by atoms with E-state index in [9.17, 15) is 27.6 Å². The van der Waals surface area contributed by atoms with Gasteiger partial charge in [-0.1, -0.05) is 36.4 Å². The summed E-state index contributed by atoms with van der Waals surface area (Å²) in [5, 5.41) is 3.30. The quantitative estimate of drug-likeness (QED) is 0.479. The molecule has 1 aliphatic rings. The fraction of sp³-hybridized carbons (Fsp3) is 0.125. The molecule has 1 N–H and O–H groups in total. The molecule has 1 saturated heterocycles. The molecule has 0 saturated carbocycles. The largest absolute Gasteiger partial charge is 0.496 e. The Labute approximate surface area is 196 Å². The second kappa shape index (κ2) is 9.22. The number of amides is 3. The van der Waals surface area contributed by atoms with Gasteiger partial charge in [0.1, 0.15) is 12.3 Å². The number of rotatable bonds is 5. The highest BCUT2D eigenvalue weighted by atomic mass is 32.2. The summed E-state index contributed by atoms with van der Waals surface area (Å²) >= 11 is 0.688. The first kappa shape index (κ1) is 23.4. The molecule has 3 aromatic carbocycles. The van der Waals surface area contributed by atoms with E-state index in [0.29, 0.717) is 23.1 Å². The first-order valence-corrected chi connectivity index (χ1v) is 10.8. The van der Waals surface area contributed by atoms with E-state index in [-0.39, 0.29) is 10.6 Å². The van der Waals surface area contributed by atoms with Gasteiger partial charge in [-0.3, -0.25) is 19.3 Å². The average molecular weight is 486 g/mol. The van der Waals surface area contributed by atoms with Gasteiger partial charge in [0.05, 0.1) is 17.6 Å². The highest BCUT2D eigenvalue weighted by Crippen LogP contribution is 2.35. The van der Waals surface area contributed by atoms with Gasteiger partial charge in [-0.25, -0.2) is 0 Å². The molecular weight excluding hydrogens is 469 g/mol. The summed E-state index contributed by atoms with van der Waals surface area (Å²) in [5.74, 6) is -0.793. The van der Waals surface area contributed by atoms with Crippen LogP contribution in [-0.2, 0) is 15.8 Å². The second-order valence-electron chi connectivity index (χ2n) is 7.30. The predicted molar refractivity (Wildman–Crippen MR) is 123 cm³/mol. The second-order valence-corrected chi connectivity index (χ2v) is 8.29. The van der Waals surface area contributed by atoms with Gasteiger partial charge in [0, 0.05) is 11.1 Å². The summed E-state index contributed by atoms with van der Waals surface area (Å²) < 4.78 is 44.0. The minimum atomic E-state index is -4.57. The van der Waals surface area contributed by atoms with Crippen molar-refractivity contribution in [1.82, 2.24) is 4.90 Å². The van der Waals surface area contributed by atoms with E-state index in [1.807, 2.05) is 24.3 Å². The maximum Gasteiger partial charge on any atom is 0.416 e. The molecule has 0 bridgehead atoms. The number of alkyl halides is 3. The number of anilines is 1. The van der Waals surface area contributed by atoms with Gasteiger partial charge in [-0.15, -0.1) is 0 Å². The van der Waals surface area contributed by atoms with Crippen LogP contribution in [-0.4, -0.2) is 35.6 Å². The molecule has 1 fully saturated rings. The van der Waals surface area contributed by atoms with Crippen molar-refractivity contribution in [1.29, 1.82) is 0 Å². The van der Waals surface area contributed by atoms with E-state index in [4.69, 9.17) is 4.74 Å². The number of benzene rings is 3. The normalized spacial score (nSPS) is 15.3. The van der Waals surface area contributed by atoms with Crippen LogP contribution >= 0.6 is 11.8 Å². The Bertz CT molecular complexity index is 1340. The van der Waals surface area contributed by atoms with Crippen LogP contribution in [0.4, 0.5) is 23.7 Å². The number of nitrogens with zero attached hydrogens (tertiary/aromatic N) is 1. The lowest BCUT2D eigenvalue weighted by molar-refractivity contribution is -0.137. The molecule has 4 rings (SSSR count). The molecule has 6 nitrogen and oxygen atoms in total. The Hall–Kier alpha value is -3.79. The van der Waals surface area contributed by atoms with E-state index >= 15 is 0 Å². The van der Waals surface area contributed by atoms with Crippen molar-refractivity contribution in [2.75, 3.05) is 19.0 Å². The fourth-order valence-corrected chi connectivity index (χ4v) is 4.32. The number of halogens is 3. The summed E-state index contributed by atoms with van der Waals surface area (Å²) in [6.45, 7) is -0.623. The maximum atomic E-state index is 12.9. The number of hydrogen-bond donors (Lipinski definition) is 1. The Kier molecular flexibility index (Phi) is 6.34. The molecule has 0 radical (unpaired) electrons. The zero-order chi connectivity index (χ0) is 24.5. The molecule has 0 spiro atoms. The maximum absolute atomic E-state index is 12.9. The lowest BCUT2D eigenvalue weighted by Crippen LogP contribution is -2.36. The number of imide groups is 1. The van der Waals surface area contributed by atoms with Crippen molar-refractivity contribution in [3.63, 3.8) is 0 Å². The number of fused-ring (bicyclic) bond motifs is 1. The topological polar surface area (TPSA) is 75.7 Å². The first-order chi connectivity index (χ1) is 16.2. The highest BCUT2D eigenvalue weighted by Gasteiger charge is 2.36. The van der Waals surface area contributed by atoms with Crippen LogP contribution in [0.2, 0.25) is 0 Å². The third-order valence-electron chi connectivity index (χ3n) is 5.07. The standard InChI is InChI=1S/C24H17F3N2O4S/c1-33-19-10-9-14(17-7-2-3-8-18(17)19)11-20-22(31)29(23(32)34-20)13-21(30)28-16-6-4-5-15(12-16)24(25,26)27/h2-12H,13H2,1H3,(H,28,30)/b20-11-. The lowest BCUT2D eigenvalue weighted by atomic mass is 10.0. The highest BCUT2D eigenvalue weighted by molar-refractivity contribution is 8.18. The van der Waals surface area contributed by atoms with Gasteiger partial charge in [0.2, 0.25) is 5.91 Å². The number of methoxy groups -OCH3 is 1. The third-order valence-corrected chi connectivity index (χ3v) is 5.98. The monoisotopic (exact) mass is 486 g/mol. The van der Waals surface area contributed by atoms with Gasteiger partial charge >= 0.3 is 6.18 Å². The summed E-state index contributed by atoms with van der Waals surface area (Å²) in [6, 6.07) is 15.0. The van der Waals surface area contributed by atoms with Crippen molar-refractivity contribution >= 4 is 51.4 Å². The third kappa shape index (κ3) is 4.76. The summed E-state index contributed by atoms with van der Waals surface area (Å²) in [4.78, 5) is 38.5. The molecule has 0 unspecified atom stereocenters. The van der Waals surface area contributed by atoms with Crippen molar-refractivity contribution in [2.45, 2.75) is 6.18 Å². The van der Waals surface area contributed by atoms with E-state index in [1.54, 1.807) is 25.3 Å². The van der Waals surface area contributed by atoms with Crippen LogP contribution in [0.1, 0.15) is 11.1 Å². The Morgan fingerprint density at radius 1 is 1.06 bits per heavy atom. The number of ether oxygens (including phenoxy) is 1. The first-order valence-electron chi connectivity index (χ1n) is 9.95. The summed E-state index contributed by atoms with van der Waals surface area (Å²) in [6.07, 6.45) is -3.00. The van der Waals surface area contributed by atoms with Gasteiger partial charge in [0.25, 0.3) is 11.1 Å². The zero-order valence-electron chi connectivity index (χ0n) is 17.7. The van der Waals surface area contributed by atoms with Crippen LogP contribution in [0.3, 0.4) is 0 Å². The van der Waals surface area contributed by atoms with Crippen molar-refractivity contribution < 1.29 is 32.3 Å². The Morgan fingerprint density at radius 3 is 2.50 bits per heavy atom.